The fraction of sp³-hybridized carbons (Fsp3) is 0.176. The van der Waals surface area contributed by atoms with Crippen LogP contribution in [0.15, 0.2) is 46.0 Å². The van der Waals surface area contributed by atoms with Crippen LogP contribution < -0.4 is 0 Å². The summed E-state index contributed by atoms with van der Waals surface area (Å²) in [5.74, 6) is 2.84. The predicted molar refractivity (Wildman–Crippen MR) is 99.3 cm³/mol. The van der Waals surface area contributed by atoms with Gasteiger partial charge in [0, 0.05) is 5.56 Å². The van der Waals surface area contributed by atoms with Crippen LogP contribution >= 0.6 is 11.8 Å². The molecule has 4 rings (SSSR count). The quantitative estimate of drug-likeness (QED) is 0.503. The highest BCUT2D eigenvalue weighted by Crippen LogP contribution is 2.28. The Balaban J connectivity index is 0.00000102. The third-order valence-corrected chi connectivity index (χ3v) is 4.14. The van der Waals surface area contributed by atoms with Gasteiger partial charge in [0.2, 0.25) is 5.16 Å². The van der Waals surface area contributed by atoms with Gasteiger partial charge >= 0.3 is 0 Å². The van der Waals surface area contributed by atoms with Crippen molar-refractivity contribution in [2.45, 2.75) is 24.8 Å². The first-order chi connectivity index (χ1) is 13.3. The lowest BCUT2D eigenvalue weighted by Gasteiger charge is -1.97. The zero-order valence-corrected chi connectivity index (χ0v) is 15.5. The van der Waals surface area contributed by atoms with Gasteiger partial charge in [-0.25, -0.2) is 0 Å². The van der Waals surface area contributed by atoms with E-state index < -0.39 is 0 Å². The Labute approximate surface area is 159 Å². The molecule has 136 valence electrons. The molecular formula is C17H16N8OS. The zero-order chi connectivity index (χ0) is 19.1. The summed E-state index contributed by atoms with van der Waals surface area (Å²) in [5.41, 5.74) is 1.41. The molecule has 0 aliphatic heterocycles. The minimum absolute atomic E-state index is 0.512. The number of nitrogens with zero attached hydrogens (tertiary/aromatic N) is 6. The van der Waals surface area contributed by atoms with Crippen molar-refractivity contribution in [2.24, 2.45) is 0 Å². The fourth-order valence-corrected chi connectivity index (χ4v) is 2.80. The van der Waals surface area contributed by atoms with E-state index >= 15 is 0 Å². The molecule has 3 heterocycles. The van der Waals surface area contributed by atoms with Crippen molar-refractivity contribution in [3.63, 3.8) is 0 Å². The summed E-state index contributed by atoms with van der Waals surface area (Å²) in [7, 11) is 0. The second kappa shape index (κ2) is 8.77. The van der Waals surface area contributed by atoms with Gasteiger partial charge in [-0.2, -0.15) is 15.5 Å². The molecule has 0 radical (unpaired) electrons. The Bertz CT molecular complexity index is 1030. The summed E-state index contributed by atoms with van der Waals surface area (Å²) >= 11 is 1.39. The van der Waals surface area contributed by atoms with Crippen molar-refractivity contribution in [1.29, 1.82) is 5.26 Å². The zero-order valence-electron chi connectivity index (χ0n) is 14.7. The lowest BCUT2D eigenvalue weighted by Crippen LogP contribution is -1.85. The van der Waals surface area contributed by atoms with Crippen molar-refractivity contribution < 1.29 is 4.42 Å². The molecule has 0 unspecified atom stereocenters. The second-order valence-electron chi connectivity index (χ2n) is 4.94. The van der Waals surface area contributed by atoms with Gasteiger partial charge < -0.3 is 4.42 Å². The molecule has 27 heavy (non-hydrogen) atoms. The molecule has 0 fully saturated rings. The summed E-state index contributed by atoms with van der Waals surface area (Å²) in [6.07, 6.45) is 0. The third kappa shape index (κ3) is 4.39. The lowest BCUT2D eigenvalue weighted by atomic mass is 10.1. The molecular weight excluding hydrogens is 364 g/mol. The number of hydrogen-bond acceptors (Lipinski definition) is 8. The highest BCUT2D eigenvalue weighted by molar-refractivity contribution is 7.98. The van der Waals surface area contributed by atoms with Gasteiger partial charge in [-0.05, 0) is 24.3 Å². The number of benzene rings is 1. The molecule has 3 aromatic heterocycles. The van der Waals surface area contributed by atoms with E-state index in [0.29, 0.717) is 39.6 Å². The summed E-state index contributed by atoms with van der Waals surface area (Å²) in [5, 5.41) is 30.2. The predicted octanol–water partition coefficient (Wildman–Crippen LogP) is 3.43. The van der Waals surface area contributed by atoms with Gasteiger partial charge in [0.05, 0.1) is 17.4 Å². The number of H-pyrrole nitrogens is 2. The highest BCUT2D eigenvalue weighted by Gasteiger charge is 2.12. The largest absolute Gasteiger partial charge is 0.453 e. The summed E-state index contributed by atoms with van der Waals surface area (Å²) in [4.78, 5) is 4.38. The minimum Gasteiger partial charge on any atom is -0.453 e. The van der Waals surface area contributed by atoms with E-state index in [9.17, 15) is 0 Å². The van der Waals surface area contributed by atoms with Crippen molar-refractivity contribution in [2.75, 3.05) is 0 Å². The number of nitrogens with one attached hydrogen (secondary N) is 2. The van der Waals surface area contributed by atoms with E-state index in [4.69, 9.17) is 9.68 Å². The van der Waals surface area contributed by atoms with Crippen LogP contribution in [0.4, 0.5) is 0 Å². The number of hydrogen-bond donors (Lipinski definition) is 2. The van der Waals surface area contributed by atoms with Gasteiger partial charge in [0.1, 0.15) is 5.76 Å². The Morgan fingerprint density at radius 2 is 2.00 bits per heavy atom. The first-order valence-corrected chi connectivity index (χ1v) is 9.18. The van der Waals surface area contributed by atoms with E-state index in [0.717, 1.165) is 5.56 Å². The van der Waals surface area contributed by atoms with Crippen LogP contribution in [0.5, 0.6) is 0 Å². The molecule has 0 saturated heterocycles. The van der Waals surface area contributed by atoms with Gasteiger partial charge in [0.15, 0.2) is 17.4 Å². The molecule has 10 heteroatoms. The Hall–Kier alpha value is -3.45. The monoisotopic (exact) mass is 380 g/mol. The molecule has 0 spiro atoms. The van der Waals surface area contributed by atoms with Crippen molar-refractivity contribution in [1.82, 2.24) is 35.8 Å². The normalized spacial score (nSPS) is 10.1. The van der Waals surface area contributed by atoms with E-state index in [1.54, 1.807) is 12.1 Å². The number of thioether (sulfide) groups is 1. The van der Waals surface area contributed by atoms with Gasteiger partial charge in [-0.15, -0.1) is 15.3 Å². The molecule has 0 aliphatic rings. The summed E-state index contributed by atoms with van der Waals surface area (Å²) in [6.45, 7) is 4.00. The maximum Gasteiger partial charge on any atom is 0.209 e. The van der Waals surface area contributed by atoms with Crippen LogP contribution in [-0.2, 0) is 5.75 Å². The van der Waals surface area contributed by atoms with Crippen LogP contribution in [0, 0.1) is 11.3 Å². The Morgan fingerprint density at radius 3 is 2.78 bits per heavy atom. The summed E-state index contributed by atoms with van der Waals surface area (Å²) in [6, 6.07) is 13.0. The van der Waals surface area contributed by atoms with Crippen LogP contribution in [-0.4, -0.2) is 35.8 Å². The average Bonchev–Trinajstić information content (AvgIpc) is 3.49. The first-order valence-electron chi connectivity index (χ1n) is 8.20. The van der Waals surface area contributed by atoms with E-state index in [1.165, 1.54) is 11.8 Å². The average molecular weight is 380 g/mol. The maximum absolute atomic E-state index is 8.99. The molecule has 2 N–H and O–H groups in total. The van der Waals surface area contributed by atoms with Crippen LogP contribution in [0.25, 0.3) is 22.9 Å². The van der Waals surface area contributed by atoms with Gasteiger partial charge in [-0.3, -0.25) is 5.10 Å². The number of aromatic nitrogens is 7. The van der Waals surface area contributed by atoms with Crippen LogP contribution in [0.3, 0.4) is 0 Å². The standard InChI is InChI=1S/C15H10N8OS.C2H6/c16-7-9-2-1-3-10(6-9)11-4-5-12(24-11)14-17-15(21-20-14)25-8-13-18-22-23-19-13;1-2/h1-6H,8H2,(H,17,20,21)(H,18,19,22,23);1-2H3. The number of nitriles is 1. The van der Waals surface area contributed by atoms with Crippen molar-refractivity contribution in [3.05, 3.63) is 47.8 Å². The topological polar surface area (TPSA) is 133 Å². The van der Waals surface area contributed by atoms with Gasteiger partial charge in [0.25, 0.3) is 0 Å². The van der Waals surface area contributed by atoms with E-state index in [-0.39, 0.29) is 0 Å². The first kappa shape index (κ1) is 18.3. The second-order valence-corrected chi connectivity index (χ2v) is 5.88. The minimum atomic E-state index is 0.512. The SMILES string of the molecule is CC.N#Cc1cccc(-c2ccc(-c3nc(SCc4nn[nH]n4)n[nH]3)o2)c1. The number of furan rings is 1. The number of rotatable bonds is 5. The molecule has 9 nitrogen and oxygen atoms in total. The van der Waals surface area contributed by atoms with Gasteiger partial charge in [-0.1, -0.05) is 43.0 Å². The molecule has 0 amide bonds. The fourth-order valence-electron chi connectivity index (χ4n) is 2.16. The molecule has 0 saturated carbocycles. The van der Waals surface area contributed by atoms with Crippen molar-refractivity contribution >= 4 is 11.8 Å². The lowest BCUT2D eigenvalue weighted by molar-refractivity contribution is 0.592. The molecule has 0 aliphatic carbocycles. The molecule has 1 aromatic carbocycles. The Kier molecular flexibility index (Phi) is 5.96. The van der Waals surface area contributed by atoms with Crippen LogP contribution in [0.2, 0.25) is 0 Å². The summed E-state index contributed by atoms with van der Waals surface area (Å²) < 4.78 is 5.83. The van der Waals surface area contributed by atoms with Crippen molar-refractivity contribution in [3.8, 4) is 29.0 Å². The molecule has 0 bridgehead atoms. The Morgan fingerprint density at radius 1 is 1.15 bits per heavy atom. The number of aromatic amines is 2. The van der Waals surface area contributed by atoms with E-state index in [2.05, 4.69) is 41.9 Å². The van der Waals surface area contributed by atoms with Crippen LogP contribution in [0.1, 0.15) is 25.2 Å². The smallest absolute Gasteiger partial charge is 0.209 e. The maximum atomic E-state index is 8.99. The van der Waals surface area contributed by atoms with E-state index in [1.807, 2.05) is 38.1 Å². The molecule has 0 atom stereocenters. The third-order valence-electron chi connectivity index (χ3n) is 3.30. The highest BCUT2D eigenvalue weighted by atomic mass is 32.2. The molecule has 4 aromatic rings. The number of tetrazole rings is 1.